The van der Waals surface area contributed by atoms with E-state index < -0.39 is 5.97 Å². The molecular formula is C10H15N3O3S2. The molecule has 18 heavy (non-hydrogen) atoms. The molecule has 0 spiro atoms. The van der Waals surface area contributed by atoms with Crippen LogP contribution < -0.4 is 10.6 Å². The average Bonchev–Trinajstić information content (AvgIpc) is 2.81. The van der Waals surface area contributed by atoms with Crippen LogP contribution in [0.4, 0.5) is 4.79 Å². The maximum absolute atomic E-state index is 11.4. The second-order valence-electron chi connectivity index (χ2n) is 3.39. The lowest BCUT2D eigenvalue weighted by Crippen LogP contribution is -2.35. The van der Waals surface area contributed by atoms with Crippen molar-refractivity contribution < 1.29 is 14.7 Å². The van der Waals surface area contributed by atoms with Crippen LogP contribution in [0, 0.1) is 0 Å². The molecule has 0 fully saturated rings. The second kappa shape index (κ2) is 7.93. The van der Waals surface area contributed by atoms with E-state index in [2.05, 4.69) is 15.6 Å². The molecule has 1 heterocycles. The molecule has 1 aromatic heterocycles. The van der Waals surface area contributed by atoms with Gasteiger partial charge in [-0.1, -0.05) is 0 Å². The van der Waals surface area contributed by atoms with Crippen molar-refractivity contribution in [2.45, 2.75) is 13.0 Å². The quantitative estimate of drug-likeness (QED) is 0.660. The Morgan fingerprint density at radius 3 is 2.89 bits per heavy atom. The van der Waals surface area contributed by atoms with Crippen LogP contribution in [0.2, 0.25) is 0 Å². The molecule has 0 aliphatic carbocycles. The SMILES string of the molecule is CSCCCNC(=O)NCc1nc(C(=O)O)cs1. The predicted molar refractivity (Wildman–Crippen MR) is 72.3 cm³/mol. The number of urea groups is 1. The van der Waals surface area contributed by atoms with E-state index >= 15 is 0 Å². The van der Waals surface area contributed by atoms with Gasteiger partial charge in [-0.3, -0.25) is 0 Å². The van der Waals surface area contributed by atoms with Crippen molar-refractivity contribution in [2.24, 2.45) is 0 Å². The molecule has 100 valence electrons. The van der Waals surface area contributed by atoms with Gasteiger partial charge in [0.2, 0.25) is 0 Å². The van der Waals surface area contributed by atoms with Crippen LogP contribution in [0.25, 0.3) is 0 Å². The lowest BCUT2D eigenvalue weighted by molar-refractivity contribution is 0.0691. The van der Waals surface area contributed by atoms with Crippen molar-refractivity contribution in [3.8, 4) is 0 Å². The molecule has 0 atom stereocenters. The van der Waals surface area contributed by atoms with Crippen LogP contribution in [0.15, 0.2) is 5.38 Å². The van der Waals surface area contributed by atoms with Crippen LogP contribution in [0.5, 0.6) is 0 Å². The molecule has 2 amide bonds. The van der Waals surface area contributed by atoms with Crippen LogP contribution in [-0.2, 0) is 6.54 Å². The smallest absolute Gasteiger partial charge is 0.355 e. The molecule has 8 heteroatoms. The van der Waals surface area contributed by atoms with Crippen LogP contribution in [0.1, 0.15) is 21.9 Å². The highest BCUT2D eigenvalue weighted by Crippen LogP contribution is 2.09. The number of hydrogen-bond acceptors (Lipinski definition) is 5. The van der Waals surface area contributed by atoms with Gasteiger partial charge in [-0.2, -0.15) is 11.8 Å². The van der Waals surface area contributed by atoms with Crippen molar-refractivity contribution in [3.63, 3.8) is 0 Å². The van der Waals surface area contributed by atoms with E-state index in [9.17, 15) is 9.59 Å². The van der Waals surface area contributed by atoms with Crippen LogP contribution in [0.3, 0.4) is 0 Å². The largest absolute Gasteiger partial charge is 0.476 e. The fourth-order valence-electron chi connectivity index (χ4n) is 1.13. The summed E-state index contributed by atoms with van der Waals surface area (Å²) >= 11 is 2.95. The van der Waals surface area contributed by atoms with E-state index in [1.165, 1.54) is 16.7 Å². The van der Waals surface area contributed by atoms with E-state index in [1.54, 1.807) is 11.8 Å². The van der Waals surface area contributed by atoms with Crippen molar-refractivity contribution in [2.75, 3.05) is 18.6 Å². The topological polar surface area (TPSA) is 91.3 Å². The van der Waals surface area contributed by atoms with Crippen molar-refractivity contribution >= 4 is 35.1 Å². The zero-order chi connectivity index (χ0) is 13.4. The van der Waals surface area contributed by atoms with Gasteiger partial charge in [0.1, 0.15) is 5.01 Å². The molecule has 0 aliphatic rings. The lowest BCUT2D eigenvalue weighted by Gasteiger charge is -2.05. The van der Waals surface area contributed by atoms with Crippen molar-refractivity contribution in [1.82, 2.24) is 15.6 Å². The summed E-state index contributed by atoms with van der Waals surface area (Å²) in [7, 11) is 0. The number of rotatable bonds is 7. The zero-order valence-corrected chi connectivity index (χ0v) is 11.6. The Morgan fingerprint density at radius 1 is 1.50 bits per heavy atom. The third-order valence-electron chi connectivity index (χ3n) is 1.98. The standard InChI is InChI=1S/C10H15N3O3S2/c1-17-4-2-3-11-10(16)12-5-8-13-7(6-18-8)9(14)15/h6H,2-5H2,1H3,(H,14,15)(H2,11,12,16). The summed E-state index contributed by atoms with van der Waals surface area (Å²) in [6, 6.07) is -0.261. The highest BCUT2D eigenvalue weighted by molar-refractivity contribution is 7.98. The summed E-state index contributed by atoms with van der Waals surface area (Å²) in [5.74, 6) is -0.0478. The van der Waals surface area contributed by atoms with Gasteiger partial charge in [0.25, 0.3) is 0 Å². The first kappa shape index (κ1) is 14.8. The highest BCUT2D eigenvalue weighted by Gasteiger charge is 2.09. The molecule has 0 bridgehead atoms. The molecule has 0 aromatic carbocycles. The summed E-state index contributed by atoms with van der Waals surface area (Å²) in [5, 5.41) is 16.1. The molecular weight excluding hydrogens is 274 g/mol. The maximum Gasteiger partial charge on any atom is 0.355 e. The number of carbonyl (C=O) groups excluding carboxylic acids is 1. The summed E-state index contributed by atoms with van der Waals surface area (Å²) in [6.45, 7) is 0.872. The fraction of sp³-hybridized carbons (Fsp3) is 0.500. The van der Waals surface area contributed by atoms with Gasteiger partial charge in [-0.05, 0) is 18.4 Å². The molecule has 0 aliphatic heterocycles. The van der Waals surface area contributed by atoms with E-state index in [0.29, 0.717) is 11.6 Å². The molecule has 0 unspecified atom stereocenters. The normalized spacial score (nSPS) is 10.1. The van der Waals surface area contributed by atoms with E-state index in [4.69, 9.17) is 5.11 Å². The van der Waals surface area contributed by atoms with Crippen molar-refractivity contribution in [3.05, 3.63) is 16.1 Å². The Bertz CT molecular complexity index is 409. The fourth-order valence-corrected chi connectivity index (χ4v) is 2.27. The van der Waals surface area contributed by atoms with Gasteiger partial charge in [0, 0.05) is 11.9 Å². The summed E-state index contributed by atoms with van der Waals surface area (Å²) in [4.78, 5) is 25.8. The Kier molecular flexibility index (Phi) is 6.51. The van der Waals surface area contributed by atoms with Gasteiger partial charge in [-0.15, -0.1) is 11.3 Å². The van der Waals surface area contributed by atoms with E-state index in [1.807, 2.05) is 6.26 Å². The van der Waals surface area contributed by atoms with Gasteiger partial charge in [-0.25, -0.2) is 14.6 Å². The summed E-state index contributed by atoms with van der Waals surface area (Å²) in [6.07, 6.45) is 2.94. The van der Waals surface area contributed by atoms with Gasteiger partial charge < -0.3 is 15.7 Å². The molecule has 0 saturated carbocycles. The number of aromatic carboxylic acids is 1. The minimum absolute atomic E-state index is 0.0113. The Morgan fingerprint density at radius 2 is 2.28 bits per heavy atom. The number of hydrogen-bond donors (Lipinski definition) is 3. The number of nitrogens with one attached hydrogen (secondary N) is 2. The number of carbonyl (C=O) groups is 2. The monoisotopic (exact) mass is 289 g/mol. The Balaban J connectivity index is 2.23. The number of thioether (sulfide) groups is 1. The Labute approximate surface area is 113 Å². The Hall–Kier alpha value is -1.28. The number of carboxylic acids is 1. The average molecular weight is 289 g/mol. The van der Waals surface area contributed by atoms with Crippen LogP contribution in [-0.4, -0.2) is 40.6 Å². The molecule has 3 N–H and O–H groups in total. The first-order valence-electron chi connectivity index (χ1n) is 5.32. The number of carboxylic acid groups (broad SMARTS) is 1. The van der Waals surface area contributed by atoms with Gasteiger partial charge in [0.05, 0.1) is 6.54 Å². The van der Waals surface area contributed by atoms with E-state index in [0.717, 1.165) is 12.2 Å². The van der Waals surface area contributed by atoms with Gasteiger partial charge in [0.15, 0.2) is 5.69 Å². The second-order valence-corrected chi connectivity index (χ2v) is 5.32. The first-order chi connectivity index (χ1) is 8.63. The minimum atomic E-state index is -1.06. The third-order valence-corrected chi connectivity index (χ3v) is 3.53. The summed E-state index contributed by atoms with van der Waals surface area (Å²) in [5.41, 5.74) is 0.0113. The minimum Gasteiger partial charge on any atom is -0.476 e. The highest BCUT2D eigenvalue weighted by atomic mass is 32.2. The summed E-state index contributed by atoms with van der Waals surface area (Å²) < 4.78 is 0. The number of amides is 2. The third kappa shape index (κ3) is 5.37. The maximum atomic E-state index is 11.4. The lowest BCUT2D eigenvalue weighted by atomic mass is 10.5. The molecule has 6 nitrogen and oxygen atoms in total. The predicted octanol–water partition coefficient (Wildman–Crippen LogP) is 1.39. The van der Waals surface area contributed by atoms with Gasteiger partial charge >= 0.3 is 12.0 Å². The molecule has 1 rings (SSSR count). The van der Waals surface area contributed by atoms with Crippen LogP contribution >= 0.6 is 23.1 Å². The molecule has 0 saturated heterocycles. The molecule has 1 aromatic rings. The number of nitrogens with zero attached hydrogens (tertiary/aromatic N) is 1. The number of aromatic nitrogens is 1. The molecule has 0 radical (unpaired) electrons. The van der Waals surface area contributed by atoms with Crippen molar-refractivity contribution in [1.29, 1.82) is 0 Å². The first-order valence-corrected chi connectivity index (χ1v) is 7.59. The number of thiazole rings is 1. The van der Waals surface area contributed by atoms with E-state index in [-0.39, 0.29) is 18.3 Å². The zero-order valence-electron chi connectivity index (χ0n) is 9.93.